The average molecular weight is 322 g/mol. The van der Waals surface area contributed by atoms with Crippen LogP contribution in [0.3, 0.4) is 0 Å². The van der Waals surface area contributed by atoms with E-state index in [-0.39, 0.29) is 5.91 Å². The summed E-state index contributed by atoms with van der Waals surface area (Å²) < 4.78 is 0. The van der Waals surface area contributed by atoms with Crippen LogP contribution >= 0.6 is 11.6 Å². The lowest BCUT2D eigenvalue weighted by Crippen LogP contribution is -2.07. The minimum absolute atomic E-state index is 0.183. The van der Waals surface area contributed by atoms with Gasteiger partial charge in [-0.25, -0.2) is 0 Å². The molecule has 0 fully saturated rings. The lowest BCUT2D eigenvalue weighted by molar-refractivity contribution is -0.111. The molecule has 114 valence electrons. The lowest BCUT2D eigenvalue weighted by atomic mass is 10.0. The Morgan fingerprint density at radius 1 is 1.04 bits per heavy atom. The molecule has 3 aromatic carbocycles. The van der Waals surface area contributed by atoms with E-state index in [1.54, 1.807) is 6.07 Å². The summed E-state index contributed by atoms with van der Waals surface area (Å²) in [6, 6.07) is 19.6. The van der Waals surface area contributed by atoms with E-state index in [1.165, 1.54) is 6.08 Å². The SMILES string of the molecule is Cc1ccc(NC(=O)/C=C\c2cccc3ccccc23)cc1Cl. The fourth-order valence-electron chi connectivity index (χ4n) is 2.42. The number of carbonyl (C=O) groups excluding carboxylic acids is 1. The smallest absolute Gasteiger partial charge is 0.248 e. The van der Waals surface area contributed by atoms with Crippen molar-refractivity contribution >= 4 is 40.0 Å². The number of rotatable bonds is 3. The minimum atomic E-state index is -0.183. The number of nitrogens with one attached hydrogen (secondary N) is 1. The maximum Gasteiger partial charge on any atom is 0.248 e. The van der Waals surface area contributed by atoms with Crippen molar-refractivity contribution in [2.45, 2.75) is 6.92 Å². The molecule has 2 nitrogen and oxygen atoms in total. The summed E-state index contributed by atoms with van der Waals surface area (Å²) in [5.41, 5.74) is 2.68. The van der Waals surface area contributed by atoms with Gasteiger partial charge in [0.15, 0.2) is 0 Å². The Kier molecular flexibility index (Phi) is 4.45. The highest BCUT2D eigenvalue weighted by molar-refractivity contribution is 6.31. The van der Waals surface area contributed by atoms with E-state index in [2.05, 4.69) is 17.4 Å². The molecule has 0 bridgehead atoms. The van der Waals surface area contributed by atoms with E-state index in [0.29, 0.717) is 10.7 Å². The maximum atomic E-state index is 12.1. The zero-order valence-electron chi connectivity index (χ0n) is 12.7. The highest BCUT2D eigenvalue weighted by atomic mass is 35.5. The first-order valence-corrected chi connectivity index (χ1v) is 7.74. The number of hydrogen-bond acceptors (Lipinski definition) is 1. The number of carbonyl (C=O) groups is 1. The van der Waals surface area contributed by atoms with Gasteiger partial charge in [0, 0.05) is 16.8 Å². The summed E-state index contributed by atoms with van der Waals surface area (Å²) in [6.45, 7) is 1.92. The van der Waals surface area contributed by atoms with Crippen molar-refractivity contribution in [2.75, 3.05) is 5.32 Å². The molecule has 0 unspecified atom stereocenters. The van der Waals surface area contributed by atoms with Crippen LogP contribution in [0.1, 0.15) is 11.1 Å². The van der Waals surface area contributed by atoms with Crippen molar-refractivity contribution in [1.29, 1.82) is 0 Å². The van der Waals surface area contributed by atoms with Gasteiger partial charge in [0.2, 0.25) is 5.91 Å². The van der Waals surface area contributed by atoms with Crippen LogP contribution in [0.2, 0.25) is 5.02 Å². The predicted molar refractivity (Wildman–Crippen MR) is 97.8 cm³/mol. The average Bonchev–Trinajstić information content (AvgIpc) is 2.56. The van der Waals surface area contributed by atoms with Crippen molar-refractivity contribution in [3.8, 4) is 0 Å². The van der Waals surface area contributed by atoms with Crippen molar-refractivity contribution in [1.82, 2.24) is 0 Å². The number of halogens is 1. The molecule has 23 heavy (non-hydrogen) atoms. The van der Waals surface area contributed by atoms with E-state index in [9.17, 15) is 4.79 Å². The van der Waals surface area contributed by atoms with Crippen LogP contribution in [0.4, 0.5) is 5.69 Å². The van der Waals surface area contributed by atoms with Crippen molar-refractivity contribution < 1.29 is 4.79 Å². The quantitative estimate of drug-likeness (QED) is 0.638. The number of fused-ring (bicyclic) bond motifs is 1. The van der Waals surface area contributed by atoms with Gasteiger partial charge in [0.1, 0.15) is 0 Å². The standard InChI is InChI=1S/C20H16ClNO/c1-14-9-11-17(13-19(14)21)22-20(23)12-10-16-7-4-6-15-5-2-3-8-18(15)16/h2-13H,1H3,(H,22,23)/b12-10-. The van der Waals surface area contributed by atoms with Gasteiger partial charge in [-0.15, -0.1) is 0 Å². The van der Waals surface area contributed by atoms with Gasteiger partial charge in [-0.1, -0.05) is 60.1 Å². The molecule has 0 heterocycles. The second-order valence-corrected chi connectivity index (χ2v) is 5.76. The number of benzene rings is 3. The molecule has 0 spiro atoms. The summed E-state index contributed by atoms with van der Waals surface area (Å²) in [5, 5.41) is 5.73. The molecule has 1 amide bonds. The van der Waals surface area contributed by atoms with Gasteiger partial charge in [0.05, 0.1) is 0 Å². The molecule has 1 N–H and O–H groups in total. The number of anilines is 1. The maximum absolute atomic E-state index is 12.1. The third-order valence-corrected chi connectivity index (χ3v) is 4.08. The molecular formula is C20H16ClNO. The molecule has 0 aliphatic carbocycles. The zero-order chi connectivity index (χ0) is 16.2. The topological polar surface area (TPSA) is 29.1 Å². The molecule has 0 aliphatic rings. The van der Waals surface area contributed by atoms with E-state index in [0.717, 1.165) is 21.9 Å². The first-order chi connectivity index (χ1) is 11.1. The first kappa shape index (κ1) is 15.3. The van der Waals surface area contributed by atoms with Gasteiger partial charge in [-0.2, -0.15) is 0 Å². The van der Waals surface area contributed by atoms with Gasteiger partial charge in [-0.05, 0) is 47.0 Å². The number of aryl methyl sites for hydroxylation is 1. The Labute approximate surface area is 140 Å². The molecule has 3 heteroatoms. The molecule has 0 saturated carbocycles. The molecule has 0 aromatic heterocycles. The lowest BCUT2D eigenvalue weighted by Gasteiger charge is -2.05. The van der Waals surface area contributed by atoms with Crippen LogP contribution < -0.4 is 5.32 Å². The largest absolute Gasteiger partial charge is 0.322 e. The highest BCUT2D eigenvalue weighted by Gasteiger charge is 2.02. The van der Waals surface area contributed by atoms with Crippen LogP contribution in [0.5, 0.6) is 0 Å². The molecule has 0 atom stereocenters. The zero-order valence-corrected chi connectivity index (χ0v) is 13.5. The predicted octanol–water partition coefficient (Wildman–Crippen LogP) is 5.45. The summed E-state index contributed by atoms with van der Waals surface area (Å²) in [4.78, 5) is 12.1. The molecule has 3 aromatic rings. The summed E-state index contributed by atoms with van der Waals surface area (Å²) in [5.74, 6) is -0.183. The monoisotopic (exact) mass is 321 g/mol. The van der Waals surface area contributed by atoms with Crippen molar-refractivity contribution in [3.05, 3.63) is 82.9 Å². The number of amides is 1. The second-order valence-electron chi connectivity index (χ2n) is 5.35. The Balaban J connectivity index is 1.78. The van der Waals surface area contributed by atoms with Crippen LogP contribution in [0.25, 0.3) is 16.8 Å². The summed E-state index contributed by atoms with van der Waals surface area (Å²) in [6.07, 6.45) is 3.36. The van der Waals surface area contributed by atoms with E-state index >= 15 is 0 Å². The highest BCUT2D eigenvalue weighted by Crippen LogP contribution is 2.21. The molecule has 0 aliphatic heterocycles. The van der Waals surface area contributed by atoms with E-state index in [4.69, 9.17) is 11.6 Å². The minimum Gasteiger partial charge on any atom is -0.322 e. The van der Waals surface area contributed by atoms with Crippen LogP contribution in [0.15, 0.2) is 66.7 Å². The van der Waals surface area contributed by atoms with Crippen LogP contribution in [-0.4, -0.2) is 5.91 Å². The Hall–Kier alpha value is -2.58. The van der Waals surface area contributed by atoms with Crippen molar-refractivity contribution in [3.63, 3.8) is 0 Å². The van der Waals surface area contributed by atoms with Gasteiger partial charge in [0.25, 0.3) is 0 Å². The Morgan fingerprint density at radius 3 is 2.65 bits per heavy atom. The number of hydrogen-bond donors (Lipinski definition) is 1. The summed E-state index contributed by atoms with van der Waals surface area (Å²) in [7, 11) is 0. The third-order valence-electron chi connectivity index (χ3n) is 3.68. The fraction of sp³-hybridized carbons (Fsp3) is 0.0500. The van der Waals surface area contributed by atoms with Gasteiger partial charge in [-0.3, -0.25) is 4.79 Å². The summed E-state index contributed by atoms with van der Waals surface area (Å²) >= 11 is 6.07. The first-order valence-electron chi connectivity index (χ1n) is 7.36. The second kappa shape index (κ2) is 6.67. The molecule has 0 radical (unpaired) electrons. The molecule has 0 saturated heterocycles. The molecule has 3 rings (SSSR count). The van der Waals surface area contributed by atoms with Gasteiger partial charge >= 0.3 is 0 Å². The normalized spacial score (nSPS) is 11.0. The van der Waals surface area contributed by atoms with E-state index in [1.807, 2.05) is 55.5 Å². The van der Waals surface area contributed by atoms with Gasteiger partial charge < -0.3 is 5.32 Å². The third kappa shape index (κ3) is 3.61. The van der Waals surface area contributed by atoms with E-state index < -0.39 is 0 Å². The molecular weight excluding hydrogens is 306 g/mol. The van der Waals surface area contributed by atoms with Crippen LogP contribution in [0, 0.1) is 6.92 Å². The Morgan fingerprint density at radius 2 is 1.83 bits per heavy atom. The fourth-order valence-corrected chi connectivity index (χ4v) is 2.60. The van der Waals surface area contributed by atoms with Crippen molar-refractivity contribution in [2.24, 2.45) is 0 Å². The Bertz CT molecular complexity index is 894. The van der Waals surface area contributed by atoms with Crippen LogP contribution in [-0.2, 0) is 4.79 Å².